The van der Waals surface area contributed by atoms with E-state index in [9.17, 15) is 9.59 Å². The first kappa shape index (κ1) is 18.2. The number of benzene rings is 2. The monoisotopic (exact) mass is 377 g/mol. The number of carbonyl (C=O) groups is 1. The van der Waals surface area contributed by atoms with Crippen LogP contribution in [0, 0.1) is 5.92 Å². The molecule has 0 fully saturated rings. The van der Waals surface area contributed by atoms with Gasteiger partial charge in [0.2, 0.25) is 0 Å². The summed E-state index contributed by atoms with van der Waals surface area (Å²) >= 11 is 0. The van der Waals surface area contributed by atoms with Crippen LogP contribution >= 0.6 is 0 Å². The van der Waals surface area contributed by atoms with Gasteiger partial charge in [-0.25, -0.2) is 4.68 Å². The number of ether oxygens (including phenoxy) is 1. The summed E-state index contributed by atoms with van der Waals surface area (Å²) in [4.78, 5) is 25.5. The highest BCUT2D eigenvalue weighted by atomic mass is 16.5. The van der Waals surface area contributed by atoms with Crippen molar-refractivity contribution in [1.29, 1.82) is 0 Å². The Balaban J connectivity index is 1.54. The van der Waals surface area contributed by atoms with Gasteiger partial charge in [-0.2, -0.15) is 5.10 Å². The predicted molar refractivity (Wildman–Crippen MR) is 108 cm³/mol. The molecule has 4 rings (SSSR count). The van der Waals surface area contributed by atoms with Crippen LogP contribution in [-0.4, -0.2) is 28.8 Å². The van der Waals surface area contributed by atoms with Gasteiger partial charge in [0.15, 0.2) is 5.69 Å². The molecule has 0 saturated heterocycles. The van der Waals surface area contributed by atoms with Crippen LogP contribution in [0.3, 0.4) is 0 Å². The quantitative estimate of drug-likeness (QED) is 0.742. The molecule has 0 unspecified atom stereocenters. The Morgan fingerprint density at radius 1 is 1.18 bits per heavy atom. The van der Waals surface area contributed by atoms with Gasteiger partial charge >= 0.3 is 0 Å². The van der Waals surface area contributed by atoms with E-state index in [0.29, 0.717) is 36.2 Å². The van der Waals surface area contributed by atoms with Gasteiger partial charge in [-0.3, -0.25) is 9.59 Å². The zero-order chi connectivity index (χ0) is 19.5. The topological polar surface area (TPSA) is 73.2 Å². The number of rotatable bonds is 5. The molecule has 1 amide bonds. The van der Waals surface area contributed by atoms with Crippen molar-refractivity contribution in [1.82, 2.24) is 15.1 Å². The molecule has 0 radical (unpaired) electrons. The highest BCUT2D eigenvalue weighted by molar-refractivity contribution is 6.04. The summed E-state index contributed by atoms with van der Waals surface area (Å²) in [5, 5.41) is 8.44. The Labute approximate surface area is 163 Å². The van der Waals surface area contributed by atoms with Crippen molar-refractivity contribution in [2.24, 2.45) is 5.92 Å². The molecule has 1 aromatic heterocycles. The number of aryl methyl sites for hydroxylation is 1. The van der Waals surface area contributed by atoms with Gasteiger partial charge in [0.1, 0.15) is 5.75 Å². The molecule has 1 aliphatic heterocycles. The standard InChI is InChI=1S/C22H23N3O3/c1-2-11-25-22(27)18-9-5-4-8-17(18)20(24-25)21(26)23-13-15-12-16-7-3-6-10-19(16)28-14-15/h3-10,15H,2,11-14H2,1H3,(H,23,26)/t15-/m1/s1. The van der Waals surface area contributed by atoms with Crippen LogP contribution in [0.25, 0.3) is 10.8 Å². The maximum absolute atomic E-state index is 12.9. The summed E-state index contributed by atoms with van der Waals surface area (Å²) in [6.45, 7) is 3.53. The van der Waals surface area contributed by atoms with E-state index >= 15 is 0 Å². The van der Waals surface area contributed by atoms with Gasteiger partial charge < -0.3 is 10.1 Å². The molecule has 1 N–H and O–H groups in total. The molecule has 28 heavy (non-hydrogen) atoms. The largest absolute Gasteiger partial charge is 0.493 e. The van der Waals surface area contributed by atoms with E-state index in [-0.39, 0.29) is 17.4 Å². The van der Waals surface area contributed by atoms with Crippen molar-refractivity contribution < 1.29 is 9.53 Å². The molecular weight excluding hydrogens is 354 g/mol. The van der Waals surface area contributed by atoms with Gasteiger partial charge in [-0.05, 0) is 30.5 Å². The zero-order valence-corrected chi connectivity index (χ0v) is 15.9. The third kappa shape index (κ3) is 3.50. The summed E-state index contributed by atoms with van der Waals surface area (Å²) in [6.07, 6.45) is 1.63. The van der Waals surface area contributed by atoms with E-state index in [0.717, 1.165) is 24.2 Å². The number of hydrogen-bond acceptors (Lipinski definition) is 4. The Hall–Kier alpha value is -3.15. The van der Waals surface area contributed by atoms with Crippen LogP contribution in [0.4, 0.5) is 0 Å². The van der Waals surface area contributed by atoms with Crippen molar-refractivity contribution in [3.63, 3.8) is 0 Å². The van der Waals surface area contributed by atoms with Crippen molar-refractivity contribution in [2.45, 2.75) is 26.3 Å². The van der Waals surface area contributed by atoms with E-state index < -0.39 is 0 Å². The lowest BCUT2D eigenvalue weighted by atomic mass is 9.96. The fourth-order valence-electron chi connectivity index (χ4n) is 3.61. The second-order valence-corrected chi connectivity index (χ2v) is 7.12. The maximum atomic E-state index is 12.9. The molecule has 0 spiro atoms. The van der Waals surface area contributed by atoms with Crippen LogP contribution in [0.15, 0.2) is 53.3 Å². The van der Waals surface area contributed by atoms with Gasteiger partial charge in [-0.15, -0.1) is 0 Å². The molecule has 3 aromatic rings. The van der Waals surface area contributed by atoms with Crippen molar-refractivity contribution in [3.05, 3.63) is 70.1 Å². The Kier molecular flexibility index (Phi) is 5.10. The second kappa shape index (κ2) is 7.84. The van der Waals surface area contributed by atoms with Crippen LogP contribution < -0.4 is 15.6 Å². The van der Waals surface area contributed by atoms with Crippen molar-refractivity contribution >= 4 is 16.7 Å². The van der Waals surface area contributed by atoms with E-state index in [1.165, 1.54) is 4.68 Å². The first-order chi connectivity index (χ1) is 13.7. The number of hydrogen-bond donors (Lipinski definition) is 1. The minimum absolute atomic E-state index is 0.161. The molecule has 0 aliphatic carbocycles. The zero-order valence-electron chi connectivity index (χ0n) is 15.9. The number of fused-ring (bicyclic) bond motifs is 2. The number of nitrogens with one attached hydrogen (secondary N) is 1. The smallest absolute Gasteiger partial charge is 0.274 e. The number of para-hydroxylation sites is 1. The normalized spacial score (nSPS) is 15.7. The molecule has 1 atom stereocenters. The molecule has 0 saturated carbocycles. The molecule has 6 heteroatoms. The number of nitrogens with zero attached hydrogens (tertiary/aromatic N) is 2. The van der Waals surface area contributed by atoms with E-state index in [4.69, 9.17) is 4.74 Å². The third-order valence-electron chi connectivity index (χ3n) is 5.03. The molecule has 2 aromatic carbocycles. The summed E-state index contributed by atoms with van der Waals surface area (Å²) in [6, 6.07) is 15.1. The summed E-state index contributed by atoms with van der Waals surface area (Å²) < 4.78 is 7.18. The van der Waals surface area contributed by atoms with E-state index in [1.807, 2.05) is 31.2 Å². The molecular formula is C22H23N3O3. The molecule has 6 nitrogen and oxygen atoms in total. The molecule has 144 valence electrons. The second-order valence-electron chi connectivity index (χ2n) is 7.12. The van der Waals surface area contributed by atoms with Crippen molar-refractivity contribution in [3.8, 4) is 5.75 Å². The third-order valence-corrected chi connectivity index (χ3v) is 5.03. The van der Waals surface area contributed by atoms with E-state index in [1.54, 1.807) is 18.2 Å². The lowest BCUT2D eigenvalue weighted by Gasteiger charge is -2.25. The Morgan fingerprint density at radius 3 is 2.75 bits per heavy atom. The lowest BCUT2D eigenvalue weighted by Crippen LogP contribution is -2.36. The predicted octanol–water partition coefficient (Wildman–Crippen LogP) is 2.79. The summed E-state index contributed by atoms with van der Waals surface area (Å²) in [5.74, 6) is 0.857. The van der Waals surface area contributed by atoms with Crippen LogP contribution in [0.2, 0.25) is 0 Å². The lowest BCUT2D eigenvalue weighted by molar-refractivity contribution is 0.0933. The minimum Gasteiger partial charge on any atom is -0.493 e. The first-order valence-corrected chi connectivity index (χ1v) is 9.66. The summed E-state index contributed by atoms with van der Waals surface area (Å²) in [7, 11) is 0. The average molecular weight is 377 g/mol. The first-order valence-electron chi connectivity index (χ1n) is 9.66. The highest BCUT2D eigenvalue weighted by Crippen LogP contribution is 2.26. The molecule has 2 heterocycles. The van der Waals surface area contributed by atoms with Gasteiger partial charge in [0, 0.05) is 24.4 Å². The number of carbonyl (C=O) groups excluding carboxylic acids is 1. The number of amides is 1. The van der Waals surface area contributed by atoms with Crippen LogP contribution in [-0.2, 0) is 13.0 Å². The van der Waals surface area contributed by atoms with Crippen LogP contribution in [0.1, 0.15) is 29.4 Å². The number of aromatic nitrogens is 2. The average Bonchev–Trinajstić information content (AvgIpc) is 2.74. The highest BCUT2D eigenvalue weighted by Gasteiger charge is 2.22. The van der Waals surface area contributed by atoms with Gasteiger partial charge in [0.05, 0.1) is 12.0 Å². The van der Waals surface area contributed by atoms with Gasteiger partial charge in [-0.1, -0.05) is 43.3 Å². The summed E-state index contributed by atoms with van der Waals surface area (Å²) in [5.41, 5.74) is 1.29. The maximum Gasteiger partial charge on any atom is 0.274 e. The van der Waals surface area contributed by atoms with E-state index in [2.05, 4.69) is 16.5 Å². The Bertz CT molecular complexity index is 1070. The fourth-order valence-corrected chi connectivity index (χ4v) is 3.61. The van der Waals surface area contributed by atoms with Crippen LogP contribution in [0.5, 0.6) is 5.75 Å². The Morgan fingerprint density at radius 2 is 1.93 bits per heavy atom. The minimum atomic E-state index is -0.264. The molecule has 1 aliphatic rings. The SMILES string of the molecule is CCCn1nc(C(=O)NC[C@@H]2COc3ccccc3C2)c2ccccc2c1=O. The van der Waals surface area contributed by atoms with Gasteiger partial charge in [0.25, 0.3) is 11.5 Å². The molecule has 0 bridgehead atoms. The van der Waals surface area contributed by atoms with Crippen molar-refractivity contribution in [2.75, 3.05) is 13.2 Å². The fraction of sp³-hybridized carbons (Fsp3) is 0.318.